The van der Waals surface area contributed by atoms with Crippen molar-refractivity contribution in [3.05, 3.63) is 82.2 Å². The fourth-order valence-corrected chi connectivity index (χ4v) is 5.86. The van der Waals surface area contributed by atoms with Crippen molar-refractivity contribution in [3.8, 4) is 0 Å². The van der Waals surface area contributed by atoms with E-state index in [0.717, 1.165) is 51.9 Å². The van der Waals surface area contributed by atoms with E-state index in [4.69, 9.17) is 0 Å². The summed E-state index contributed by atoms with van der Waals surface area (Å²) in [5.41, 5.74) is -2.41. The zero-order valence-corrected chi connectivity index (χ0v) is 24.2. The Balaban J connectivity index is 1.52. The molecular weight excluding hydrogens is 504 g/mol. The molecule has 0 bridgehead atoms. The number of amidine groups is 2. The van der Waals surface area contributed by atoms with Gasteiger partial charge in [-0.2, -0.15) is 0 Å². The van der Waals surface area contributed by atoms with Gasteiger partial charge in [-0.15, -0.1) is 0 Å². The van der Waals surface area contributed by atoms with Gasteiger partial charge in [0.15, 0.2) is 11.1 Å². The Morgan fingerprint density at radius 2 is 0.900 bits per heavy atom. The molecule has 0 aliphatic carbocycles. The molecule has 2 heterocycles. The normalized spacial score (nSPS) is 21.4. The van der Waals surface area contributed by atoms with Crippen LogP contribution in [0.4, 0.5) is 0 Å². The summed E-state index contributed by atoms with van der Waals surface area (Å²) in [6.45, 7) is 14.3. The van der Waals surface area contributed by atoms with Crippen molar-refractivity contribution >= 4 is 44.0 Å². The van der Waals surface area contributed by atoms with Gasteiger partial charge in [0.05, 0.1) is 11.1 Å². The molecule has 0 N–H and O–H groups in total. The summed E-state index contributed by atoms with van der Waals surface area (Å²) < 4.78 is 1.67. The number of rotatable bonds is 2. The van der Waals surface area contributed by atoms with Gasteiger partial charge in [0.1, 0.15) is 11.1 Å². The predicted molar refractivity (Wildman–Crippen MR) is 156 cm³/mol. The second kappa shape index (κ2) is 7.86. The fourth-order valence-electron chi connectivity index (χ4n) is 5.86. The molecule has 40 heavy (non-hydrogen) atoms. The Bertz CT molecular complexity index is 1690. The van der Waals surface area contributed by atoms with Gasteiger partial charge in [0, 0.05) is 10.4 Å². The summed E-state index contributed by atoms with van der Waals surface area (Å²) in [6, 6.07) is 19.4. The highest BCUT2D eigenvalue weighted by atomic mass is 16.5. The van der Waals surface area contributed by atoms with Gasteiger partial charge in [0.25, 0.3) is 0 Å². The molecule has 0 saturated heterocycles. The lowest BCUT2D eigenvalue weighted by Crippen LogP contribution is -2.53. The fraction of sp³-hybridized carbons (Fsp3) is 0.375. The Morgan fingerprint density at radius 3 is 1.23 bits per heavy atom. The quantitative estimate of drug-likeness (QED) is 0.175. The molecule has 4 aromatic rings. The number of fused-ring (bicyclic) bond motifs is 5. The number of nitrogens with zero attached hydrogens (tertiary/aromatic N) is 4. The number of hydrogen-bond donors (Lipinski definition) is 0. The third-order valence-electron chi connectivity index (χ3n) is 10.1. The minimum absolute atomic E-state index is 0.114. The third-order valence-corrected chi connectivity index (χ3v) is 10.1. The van der Waals surface area contributed by atoms with Crippen molar-refractivity contribution < 1.29 is 19.9 Å². The van der Waals surface area contributed by atoms with E-state index in [0.29, 0.717) is 11.1 Å². The number of hydrogen-bond acceptors (Lipinski definition) is 4. The first-order chi connectivity index (χ1) is 18.5. The van der Waals surface area contributed by atoms with Gasteiger partial charge in [0.2, 0.25) is 0 Å². The van der Waals surface area contributed by atoms with Crippen molar-refractivity contribution in [1.29, 1.82) is 0 Å². The SMILES string of the molecule is CC1(C)N([O])C(c2ccc3c(ccc4ccc5cc(C6=[N+]([O-])C(C)(C)C(C)(C)N6[O])ccc5c43)c2)=[N+]([O-])C1(C)C. The average molecular weight is 539 g/mol. The van der Waals surface area contributed by atoms with Crippen LogP contribution in [-0.4, -0.2) is 53.4 Å². The van der Waals surface area contributed by atoms with Crippen LogP contribution in [0.5, 0.6) is 0 Å². The van der Waals surface area contributed by atoms with Crippen molar-refractivity contribution in [1.82, 2.24) is 10.1 Å². The lowest BCUT2D eigenvalue weighted by atomic mass is 9.84. The van der Waals surface area contributed by atoms with E-state index in [1.807, 2.05) is 60.7 Å². The maximum Gasteiger partial charge on any atom is 0.316 e. The molecule has 0 amide bonds. The molecular formula is C32H34N4O4. The molecule has 6 rings (SSSR count). The van der Waals surface area contributed by atoms with Crippen LogP contribution in [0.2, 0.25) is 0 Å². The van der Waals surface area contributed by atoms with E-state index < -0.39 is 22.2 Å². The first-order valence-electron chi connectivity index (χ1n) is 13.6. The zero-order chi connectivity index (χ0) is 29.2. The molecule has 2 aliphatic rings. The standard InChI is InChI=1S/C32H34N4O4/c1-29(2)30(3,4)34(38)27(33(29)37)22-13-15-24-20(17-22)11-9-19-10-12-21-18-23(14-16-25(21)26(19)24)28-35(39)31(5,6)32(7,8)36(28)40/h9-18H,1-8H3. The molecule has 0 spiro atoms. The lowest BCUT2D eigenvalue weighted by Gasteiger charge is -2.32. The molecule has 4 aromatic carbocycles. The maximum atomic E-state index is 13.2. The van der Waals surface area contributed by atoms with E-state index in [9.17, 15) is 20.8 Å². The summed E-state index contributed by atoms with van der Waals surface area (Å²) in [4.78, 5) is 0. The van der Waals surface area contributed by atoms with Gasteiger partial charge < -0.3 is 10.4 Å². The second-order valence-corrected chi connectivity index (χ2v) is 13.2. The first-order valence-corrected chi connectivity index (χ1v) is 13.6. The Labute approximate surface area is 233 Å². The van der Waals surface area contributed by atoms with Crippen LogP contribution < -0.4 is 0 Å². The van der Waals surface area contributed by atoms with Crippen molar-refractivity contribution in [2.24, 2.45) is 0 Å². The highest BCUT2D eigenvalue weighted by Gasteiger charge is 2.61. The summed E-state index contributed by atoms with van der Waals surface area (Å²) >= 11 is 0. The van der Waals surface area contributed by atoms with Crippen molar-refractivity contribution in [3.63, 3.8) is 0 Å². The maximum absolute atomic E-state index is 13.2. The molecule has 0 atom stereocenters. The van der Waals surface area contributed by atoms with Crippen LogP contribution in [0.3, 0.4) is 0 Å². The minimum atomic E-state index is -0.891. The molecule has 0 unspecified atom stereocenters. The summed E-state index contributed by atoms with van der Waals surface area (Å²) in [5, 5.41) is 60.4. The highest BCUT2D eigenvalue weighted by molar-refractivity contribution is 6.21. The molecule has 2 radical (unpaired) electrons. The smallest absolute Gasteiger partial charge is 0.316 e. The van der Waals surface area contributed by atoms with Crippen LogP contribution in [0.25, 0.3) is 32.3 Å². The lowest BCUT2D eigenvalue weighted by molar-refractivity contribution is -0.539. The van der Waals surface area contributed by atoms with Crippen molar-refractivity contribution in [2.75, 3.05) is 0 Å². The number of benzene rings is 4. The summed E-state index contributed by atoms with van der Waals surface area (Å²) in [6.07, 6.45) is 0. The van der Waals surface area contributed by atoms with E-state index >= 15 is 0 Å². The van der Waals surface area contributed by atoms with E-state index in [1.54, 1.807) is 55.4 Å². The van der Waals surface area contributed by atoms with Crippen LogP contribution in [0, 0.1) is 10.4 Å². The zero-order valence-electron chi connectivity index (χ0n) is 24.2. The molecule has 0 fully saturated rings. The average Bonchev–Trinajstić information content (AvgIpc) is 3.11. The molecule has 8 heteroatoms. The Hall–Kier alpha value is -3.88. The topological polar surface area (TPSA) is 98.4 Å². The Kier molecular flexibility index (Phi) is 5.18. The molecule has 8 nitrogen and oxygen atoms in total. The van der Waals surface area contributed by atoms with E-state index in [-0.39, 0.29) is 11.7 Å². The third kappa shape index (κ3) is 3.09. The van der Waals surface area contributed by atoms with Gasteiger partial charge >= 0.3 is 11.7 Å². The molecule has 0 aromatic heterocycles. The molecule has 0 saturated carbocycles. The summed E-state index contributed by atoms with van der Waals surface area (Å²) in [7, 11) is 0. The highest BCUT2D eigenvalue weighted by Crippen LogP contribution is 2.40. The predicted octanol–water partition coefficient (Wildman–Crippen LogP) is 6.10. The first kappa shape index (κ1) is 26.3. The van der Waals surface area contributed by atoms with Crippen molar-refractivity contribution in [2.45, 2.75) is 77.5 Å². The largest absolute Gasteiger partial charge is 0.714 e. The summed E-state index contributed by atoms with van der Waals surface area (Å²) in [5.74, 6) is 0.228. The van der Waals surface area contributed by atoms with Crippen LogP contribution in [-0.2, 0) is 10.4 Å². The van der Waals surface area contributed by atoms with Crippen LogP contribution in [0.1, 0.15) is 66.5 Å². The monoisotopic (exact) mass is 538 g/mol. The van der Waals surface area contributed by atoms with Crippen LogP contribution >= 0.6 is 0 Å². The van der Waals surface area contributed by atoms with Gasteiger partial charge in [-0.25, -0.2) is 0 Å². The van der Waals surface area contributed by atoms with Gasteiger partial charge in [-0.1, -0.05) is 46.5 Å². The van der Waals surface area contributed by atoms with Crippen LogP contribution in [0.15, 0.2) is 60.7 Å². The molecule has 206 valence electrons. The van der Waals surface area contributed by atoms with E-state index in [2.05, 4.69) is 0 Å². The Morgan fingerprint density at radius 1 is 0.550 bits per heavy atom. The van der Waals surface area contributed by atoms with E-state index in [1.165, 1.54) is 0 Å². The molecule has 2 aliphatic heterocycles. The van der Waals surface area contributed by atoms with Gasteiger partial charge in [-0.05, 0) is 112 Å². The minimum Gasteiger partial charge on any atom is -0.714 e. The second-order valence-electron chi connectivity index (χ2n) is 13.2. The number of hydroxylamine groups is 6. The van der Waals surface area contributed by atoms with Gasteiger partial charge in [-0.3, -0.25) is 9.48 Å².